The van der Waals surface area contributed by atoms with E-state index >= 15 is 0 Å². The highest BCUT2D eigenvalue weighted by molar-refractivity contribution is 7.92. The zero-order valence-corrected chi connectivity index (χ0v) is 13.9. The Morgan fingerprint density at radius 2 is 1.78 bits per heavy atom. The highest BCUT2D eigenvalue weighted by Gasteiger charge is 2.10. The van der Waals surface area contributed by atoms with E-state index < -0.39 is 10.0 Å². The maximum atomic E-state index is 13.8. The number of benzene rings is 2. The second-order valence-corrected chi connectivity index (χ2v) is 6.96. The molecule has 2 aromatic rings. The van der Waals surface area contributed by atoms with Gasteiger partial charge < -0.3 is 10.1 Å². The lowest BCUT2D eigenvalue weighted by Gasteiger charge is -2.17. The summed E-state index contributed by atoms with van der Waals surface area (Å²) in [5.41, 5.74) is 1.72. The largest absolute Gasteiger partial charge is 0.497 e. The molecule has 0 aliphatic carbocycles. The van der Waals surface area contributed by atoms with Crippen LogP contribution in [-0.4, -0.2) is 21.8 Å². The minimum atomic E-state index is -3.30. The first-order valence-corrected chi connectivity index (χ1v) is 8.85. The lowest BCUT2D eigenvalue weighted by molar-refractivity contribution is 0.414. The number of hydrogen-bond donors (Lipinski definition) is 2. The highest BCUT2D eigenvalue weighted by atomic mass is 32.2. The normalized spacial score (nSPS) is 12.5. The molecule has 23 heavy (non-hydrogen) atoms. The number of rotatable bonds is 6. The van der Waals surface area contributed by atoms with Gasteiger partial charge in [0.2, 0.25) is 10.0 Å². The van der Waals surface area contributed by atoms with Gasteiger partial charge in [-0.1, -0.05) is 12.1 Å². The molecule has 2 N–H and O–H groups in total. The van der Waals surface area contributed by atoms with E-state index in [1.807, 2.05) is 6.92 Å². The van der Waals surface area contributed by atoms with Crippen molar-refractivity contribution in [2.75, 3.05) is 23.4 Å². The van der Waals surface area contributed by atoms with Gasteiger partial charge in [0.1, 0.15) is 11.6 Å². The molecule has 0 amide bonds. The average Bonchev–Trinajstić information content (AvgIpc) is 2.48. The van der Waals surface area contributed by atoms with Gasteiger partial charge in [0.25, 0.3) is 0 Å². The predicted octanol–water partition coefficient (Wildman–Crippen LogP) is 3.38. The molecule has 2 aromatic carbocycles. The van der Waals surface area contributed by atoms with Gasteiger partial charge in [-0.05, 0) is 36.8 Å². The van der Waals surface area contributed by atoms with E-state index in [4.69, 9.17) is 4.74 Å². The van der Waals surface area contributed by atoms with Crippen molar-refractivity contribution in [2.45, 2.75) is 13.0 Å². The summed E-state index contributed by atoms with van der Waals surface area (Å²) in [6.07, 6.45) is 1.09. The molecule has 2 rings (SSSR count). The Bertz CT molecular complexity index is 776. The van der Waals surface area contributed by atoms with Crippen molar-refractivity contribution in [3.05, 3.63) is 53.8 Å². The molecule has 1 atom stereocenters. The third-order valence-corrected chi connectivity index (χ3v) is 3.87. The molecule has 5 nitrogen and oxygen atoms in total. The minimum absolute atomic E-state index is 0.163. The molecule has 0 spiro atoms. The van der Waals surface area contributed by atoms with Crippen LogP contribution in [0.1, 0.15) is 18.5 Å². The van der Waals surface area contributed by atoms with Gasteiger partial charge in [-0.3, -0.25) is 4.72 Å². The number of ether oxygens (including phenoxy) is 1. The quantitative estimate of drug-likeness (QED) is 0.847. The summed E-state index contributed by atoms with van der Waals surface area (Å²) < 4.78 is 43.7. The van der Waals surface area contributed by atoms with Crippen LogP contribution in [0.25, 0.3) is 0 Å². The van der Waals surface area contributed by atoms with Gasteiger partial charge in [-0.25, -0.2) is 12.8 Å². The van der Waals surface area contributed by atoms with E-state index in [9.17, 15) is 12.8 Å². The summed E-state index contributed by atoms with van der Waals surface area (Å²) in [5.74, 6) is 0.196. The fraction of sp³-hybridized carbons (Fsp3) is 0.250. The van der Waals surface area contributed by atoms with E-state index in [1.165, 1.54) is 13.2 Å². The van der Waals surface area contributed by atoms with Crippen LogP contribution in [0, 0.1) is 5.82 Å². The molecule has 0 radical (unpaired) electrons. The van der Waals surface area contributed by atoms with E-state index in [0.29, 0.717) is 17.1 Å². The zero-order valence-electron chi connectivity index (χ0n) is 13.1. The zero-order chi connectivity index (χ0) is 17.0. The van der Waals surface area contributed by atoms with Gasteiger partial charge in [0.05, 0.1) is 19.1 Å². The SMILES string of the molecule is COc1ccc(F)c(NC(C)c2ccc(NS(C)(=O)=O)cc2)c1. The Hall–Kier alpha value is -2.28. The van der Waals surface area contributed by atoms with Gasteiger partial charge in [-0.15, -0.1) is 0 Å². The molecule has 0 aliphatic heterocycles. The van der Waals surface area contributed by atoms with Gasteiger partial charge >= 0.3 is 0 Å². The van der Waals surface area contributed by atoms with Crippen molar-refractivity contribution in [3.63, 3.8) is 0 Å². The first-order valence-electron chi connectivity index (χ1n) is 6.96. The molecule has 0 saturated carbocycles. The van der Waals surface area contributed by atoms with Crippen LogP contribution in [0.5, 0.6) is 5.75 Å². The molecule has 7 heteroatoms. The number of sulfonamides is 1. The Labute approximate surface area is 135 Å². The monoisotopic (exact) mass is 338 g/mol. The summed E-state index contributed by atoms with van der Waals surface area (Å²) in [6.45, 7) is 1.89. The van der Waals surface area contributed by atoms with E-state index in [-0.39, 0.29) is 11.9 Å². The number of anilines is 2. The average molecular weight is 338 g/mol. The van der Waals surface area contributed by atoms with E-state index in [1.54, 1.807) is 36.4 Å². The number of methoxy groups -OCH3 is 1. The molecule has 0 saturated heterocycles. The number of hydrogen-bond acceptors (Lipinski definition) is 4. The van der Waals surface area contributed by atoms with Crippen molar-refractivity contribution >= 4 is 21.4 Å². The molecule has 0 bridgehead atoms. The summed E-state index contributed by atoms with van der Waals surface area (Å²) in [5, 5.41) is 3.08. The Kier molecular flexibility index (Phi) is 5.10. The van der Waals surface area contributed by atoms with Crippen molar-refractivity contribution in [1.82, 2.24) is 0 Å². The molecule has 0 heterocycles. The highest BCUT2D eigenvalue weighted by Crippen LogP contribution is 2.26. The smallest absolute Gasteiger partial charge is 0.229 e. The minimum Gasteiger partial charge on any atom is -0.497 e. The van der Waals surface area contributed by atoms with Crippen LogP contribution in [0.2, 0.25) is 0 Å². The first-order chi connectivity index (χ1) is 10.8. The van der Waals surface area contributed by atoms with Crippen LogP contribution in [-0.2, 0) is 10.0 Å². The molecule has 0 aliphatic rings. The van der Waals surface area contributed by atoms with E-state index in [0.717, 1.165) is 11.8 Å². The van der Waals surface area contributed by atoms with Crippen LogP contribution in [0.15, 0.2) is 42.5 Å². The molecule has 0 aromatic heterocycles. The fourth-order valence-electron chi connectivity index (χ4n) is 2.11. The standard InChI is InChI=1S/C16H19FN2O3S/c1-11(18-16-10-14(22-2)8-9-15(16)17)12-4-6-13(7-5-12)19-23(3,20)21/h4-11,18-19H,1-3H3. The van der Waals surface area contributed by atoms with Crippen molar-refractivity contribution in [1.29, 1.82) is 0 Å². The maximum absolute atomic E-state index is 13.8. The van der Waals surface area contributed by atoms with Crippen LogP contribution in [0.4, 0.5) is 15.8 Å². The molecule has 1 unspecified atom stereocenters. The molecule has 124 valence electrons. The van der Waals surface area contributed by atoms with Gasteiger partial charge in [-0.2, -0.15) is 0 Å². The summed E-state index contributed by atoms with van der Waals surface area (Å²) in [4.78, 5) is 0. The molecule has 0 fully saturated rings. The van der Waals surface area contributed by atoms with Gasteiger partial charge in [0, 0.05) is 17.8 Å². The van der Waals surface area contributed by atoms with Crippen molar-refractivity contribution in [2.24, 2.45) is 0 Å². The van der Waals surface area contributed by atoms with E-state index in [2.05, 4.69) is 10.0 Å². The van der Waals surface area contributed by atoms with Gasteiger partial charge in [0.15, 0.2) is 0 Å². The summed E-state index contributed by atoms with van der Waals surface area (Å²) in [6, 6.07) is 11.2. The summed E-state index contributed by atoms with van der Waals surface area (Å²) in [7, 11) is -1.78. The topological polar surface area (TPSA) is 67.4 Å². The Morgan fingerprint density at radius 1 is 1.13 bits per heavy atom. The molecular weight excluding hydrogens is 319 g/mol. The van der Waals surface area contributed by atoms with Crippen molar-refractivity contribution in [3.8, 4) is 5.75 Å². The fourth-order valence-corrected chi connectivity index (χ4v) is 2.68. The maximum Gasteiger partial charge on any atom is 0.229 e. The number of nitrogens with one attached hydrogen (secondary N) is 2. The Balaban J connectivity index is 2.13. The van der Waals surface area contributed by atoms with Crippen molar-refractivity contribution < 1.29 is 17.5 Å². The van der Waals surface area contributed by atoms with Crippen LogP contribution >= 0.6 is 0 Å². The third-order valence-electron chi connectivity index (χ3n) is 3.26. The summed E-state index contributed by atoms with van der Waals surface area (Å²) >= 11 is 0. The lowest BCUT2D eigenvalue weighted by atomic mass is 10.1. The van der Waals surface area contributed by atoms with Crippen LogP contribution < -0.4 is 14.8 Å². The Morgan fingerprint density at radius 3 is 2.35 bits per heavy atom. The second-order valence-electron chi connectivity index (χ2n) is 5.21. The second kappa shape index (κ2) is 6.87. The number of halogens is 1. The first kappa shape index (κ1) is 17.1. The molecular formula is C16H19FN2O3S. The van der Waals surface area contributed by atoms with Crippen LogP contribution in [0.3, 0.4) is 0 Å². The lowest BCUT2D eigenvalue weighted by Crippen LogP contribution is -2.10. The third kappa shape index (κ3) is 4.85. The predicted molar refractivity (Wildman–Crippen MR) is 89.9 cm³/mol.